The van der Waals surface area contributed by atoms with E-state index in [2.05, 4.69) is 36.6 Å². The average Bonchev–Trinajstić information content (AvgIpc) is 3.17. The molecule has 1 aliphatic rings. The smallest absolute Gasteiger partial charge is 0.470 e. The fourth-order valence-electron chi connectivity index (χ4n) is 4.10. The van der Waals surface area contributed by atoms with Gasteiger partial charge in [0.1, 0.15) is 5.75 Å². The molecule has 1 saturated carbocycles. The van der Waals surface area contributed by atoms with Crippen molar-refractivity contribution < 1.29 is 22.7 Å². The second-order valence-electron chi connectivity index (χ2n) is 8.31. The van der Waals surface area contributed by atoms with Gasteiger partial charge in [0.05, 0.1) is 5.69 Å². The molecule has 0 aliphatic heterocycles. The van der Waals surface area contributed by atoms with Crippen molar-refractivity contribution in [2.45, 2.75) is 51.2 Å². The first kappa shape index (κ1) is 22.0. The maximum Gasteiger partial charge on any atom is 0.470 e. The van der Waals surface area contributed by atoms with Crippen molar-refractivity contribution in [2.24, 2.45) is 5.92 Å². The normalized spacial score (nSPS) is 19.5. The molecule has 32 heavy (non-hydrogen) atoms. The number of halogens is 3. The highest BCUT2D eigenvalue weighted by Gasteiger charge is 2.38. The van der Waals surface area contributed by atoms with Gasteiger partial charge in [0, 0.05) is 24.2 Å². The first-order valence-corrected chi connectivity index (χ1v) is 10.5. The number of hydrogen-bond acceptors (Lipinski definition) is 7. The lowest BCUT2D eigenvalue weighted by Gasteiger charge is -2.29. The van der Waals surface area contributed by atoms with Crippen LogP contribution >= 0.6 is 0 Å². The van der Waals surface area contributed by atoms with E-state index in [1.165, 1.54) is 37.5 Å². The minimum Gasteiger partial charge on any atom is -0.507 e. The average molecular weight is 447 g/mol. The van der Waals surface area contributed by atoms with Crippen LogP contribution in [0.3, 0.4) is 0 Å². The zero-order valence-corrected chi connectivity index (χ0v) is 17.8. The van der Waals surface area contributed by atoms with Crippen LogP contribution in [0.15, 0.2) is 34.7 Å². The second-order valence-corrected chi connectivity index (χ2v) is 8.31. The van der Waals surface area contributed by atoms with Gasteiger partial charge in [0.25, 0.3) is 0 Å². The standard InChI is InChI=1S/C22H24F3N5O2/c1-13-5-3-4-6-15(11-13)30(2)19-10-9-17(26-27-19)16-8-7-14(12-18(16)31)20-28-29-21(32-20)22(23,24)25/h7-10,12-13,15,31H,3-6,11H2,1-2H3/t13-,15-/m1/s1. The van der Waals surface area contributed by atoms with E-state index in [0.717, 1.165) is 18.7 Å². The van der Waals surface area contributed by atoms with Gasteiger partial charge in [0.15, 0.2) is 5.82 Å². The summed E-state index contributed by atoms with van der Waals surface area (Å²) >= 11 is 0. The molecule has 10 heteroatoms. The topological polar surface area (TPSA) is 88.2 Å². The molecular formula is C22H24F3N5O2. The lowest BCUT2D eigenvalue weighted by molar-refractivity contribution is -0.156. The minimum atomic E-state index is -4.73. The molecule has 0 unspecified atom stereocenters. The van der Waals surface area contributed by atoms with Gasteiger partial charge in [-0.3, -0.25) is 0 Å². The molecule has 0 saturated heterocycles. The Balaban J connectivity index is 1.52. The number of rotatable bonds is 4. The summed E-state index contributed by atoms with van der Waals surface area (Å²) < 4.78 is 42.7. The molecule has 0 radical (unpaired) electrons. The molecule has 1 aromatic carbocycles. The molecule has 1 N–H and O–H groups in total. The second kappa shape index (κ2) is 8.76. The summed E-state index contributed by atoms with van der Waals surface area (Å²) in [6.07, 6.45) is 1.23. The van der Waals surface area contributed by atoms with Gasteiger partial charge >= 0.3 is 12.1 Å². The summed E-state index contributed by atoms with van der Waals surface area (Å²) in [5.74, 6) is -0.514. The van der Waals surface area contributed by atoms with Crippen molar-refractivity contribution in [3.8, 4) is 28.5 Å². The SMILES string of the molecule is C[C@@H]1CCCC[C@@H](N(C)c2ccc(-c3ccc(-c4nnc(C(F)(F)F)o4)cc3O)nn2)C1. The van der Waals surface area contributed by atoms with Crippen LogP contribution < -0.4 is 4.90 Å². The van der Waals surface area contributed by atoms with E-state index >= 15 is 0 Å². The molecule has 0 amide bonds. The zero-order chi connectivity index (χ0) is 22.9. The Hall–Kier alpha value is -3.17. The van der Waals surface area contributed by atoms with Gasteiger partial charge in [0.2, 0.25) is 5.89 Å². The van der Waals surface area contributed by atoms with Crippen molar-refractivity contribution >= 4 is 5.82 Å². The Labute approximate surface area is 183 Å². The Bertz CT molecular complexity index is 1070. The van der Waals surface area contributed by atoms with E-state index in [1.54, 1.807) is 6.07 Å². The van der Waals surface area contributed by atoms with Gasteiger partial charge < -0.3 is 14.4 Å². The summed E-state index contributed by atoms with van der Waals surface area (Å²) in [7, 11) is 2.03. The molecule has 7 nitrogen and oxygen atoms in total. The van der Waals surface area contributed by atoms with Crippen LogP contribution in [0.1, 0.15) is 44.9 Å². The lowest BCUT2D eigenvalue weighted by Crippen LogP contribution is -2.33. The monoisotopic (exact) mass is 447 g/mol. The van der Waals surface area contributed by atoms with Crippen molar-refractivity contribution in [3.63, 3.8) is 0 Å². The number of alkyl halides is 3. The fraction of sp³-hybridized carbons (Fsp3) is 0.455. The highest BCUT2D eigenvalue weighted by atomic mass is 19.4. The molecule has 2 heterocycles. The molecule has 4 rings (SSSR count). The van der Waals surface area contributed by atoms with Gasteiger partial charge in [-0.15, -0.1) is 20.4 Å². The Morgan fingerprint density at radius 1 is 1.03 bits per heavy atom. The van der Waals surface area contributed by atoms with E-state index in [9.17, 15) is 18.3 Å². The predicted molar refractivity (Wildman–Crippen MR) is 112 cm³/mol. The van der Waals surface area contributed by atoms with Crippen LogP contribution in [0.2, 0.25) is 0 Å². The van der Waals surface area contributed by atoms with E-state index in [-0.39, 0.29) is 17.2 Å². The molecule has 2 aromatic heterocycles. The van der Waals surface area contributed by atoms with Crippen LogP contribution in [0.25, 0.3) is 22.7 Å². The molecule has 1 aliphatic carbocycles. The van der Waals surface area contributed by atoms with Crippen LogP contribution in [0.4, 0.5) is 19.0 Å². The highest BCUT2D eigenvalue weighted by Crippen LogP contribution is 2.35. The Morgan fingerprint density at radius 3 is 2.47 bits per heavy atom. The quantitative estimate of drug-likeness (QED) is 0.541. The van der Waals surface area contributed by atoms with Crippen molar-refractivity contribution in [3.05, 3.63) is 36.2 Å². The van der Waals surface area contributed by atoms with Crippen LogP contribution in [0.5, 0.6) is 5.75 Å². The number of benzene rings is 1. The number of anilines is 1. The molecule has 3 aromatic rings. The largest absolute Gasteiger partial charge is 0.507 e. The Kier molecular flexibility index (Phi) is 6.03. The molecule has 2 atom stereocenters. The summed E-state index contributed by atoms with van der Waals surface area (Å²) in [4.78, 5) is 2.16. The summed E-state index contributed by atoms with van der Waals surface area (Å²) in [6.45, 7) is 2.28. The lowest BCUT2D eigenvalue weighted by atomic mass is 9.99. The number of hydrogen-bond donors (Lipinski definition) is 1. The van der Waals surface area contributed by atoms with Gasteiger partial charge in [-0.05, 0) is 49.1 Å². The first-order valence-electron chi connectivity index (χ1n) is 10.5. The Morgan fingerprint density at radius 2 is 1.81 bits per heavy atom. The van der Waals surface area contributed by atoms with Crippen LogP contribution in [-0.2, 0) is 6.18 Å². The van der Waals surface area contributed by atoms with Gasteiger partial charge in [-0.25, -0.2) is 0 Å². The van der Waals surface area contributed by atoms with E-state index < -0.39 is 12.1 Å². The maximum absolute atomic E-state index is 12.7. The van der Waals surface area contributed by atoms with E-state index in [1.807, 2.05) is 13.1 Å². The number of phenols is 1. The maximum atomic E-state index is 12.7. The number of nitrogens with zero attached hydrogens (tertiary/aromatic N) is 5. The van der Waals surface area contributed by atoms with Crippen LogP contribution in [0, 0.1) is 5.92 Å². The number of phenolic OH excluding ortho intramolecular Hbond substituents is 1. The van der Waals surface area contributed by atoms with E-state index in [0.29, 0.717) is 23.2 Å². The third-order valence-corrected chi connectivity index (χ3v) is 5.91. The third-order valence-electron chi connectivity index (χ3n) is 5.91. The number of aromatic hydroxyl groups is 1. The van der Waals surface area contributed by atoms with Gasteiger partial charge in [-0.2, -0.15) is 13.2 Å². The van der Waals surface area contributed by atoms with Crippen LogP contribution in [-0.4, -0.2) is 38.6 Å². The minimum absolute atomic E-state index is 0.168. The first-order chi connectivity index (χ1) is 15.2. The van der Waals surface area contributed by atoms with Crippen molar-refractivity contribution in [1.82, 2.24) is 20.4 Å². The zero-order valence-electron chi connectivity index (χ0n) is 17.8. The van der Waals surface area contributed by atoms with E-state index in [4.69, 9.17) is 0 Å². The van der Waals surface area contributed by atoms with Crippen molar-refractivity contribution in [1.29, 1.82) is 0 Å². The molecule has 0 bridgehead atoms. The third kappa shape index (κ3) is 4.68. The van der Waals surface area contributed by atoms with Gasteiger partial charge in [-0.1, -0.05) is 26.2 Å². The molecular weight excluding hydrogens is 423 g/mol. The molecule has 170 valence electrons. The summed E-state index contributed by atoms with van der Waals surface area (Å²) in [5, 5.41) is 25.4. The molecule has 0 spiro atoms. The molecule has 1 fully saturated rings. The predicted octanol–water partition coefficient (Wildman–Crippen LogP) is 5.32. The number of aromatic nitrogens is 4. The fourth-order valence-corrected chi connectivity index (χ4v) is 4.10. The summed E-state index contributed by atoms with van der Waals surface area (Å²) in [6, 6.07) is 8.31. The summed E-state index contributed by atoms with van der Waals surface area (Å²) in [5.41, 5.74) is 1.01. The van der Waals surface area contributed by atoms with Crippen molar-refractivity contribution in [2.75, 3.05) is 11.9 Å². The highest BCUT2D eigenvalue weighted by molar-refractivity contribution is 5.71.